The maximum Gasteiger partial charge on any atom is 0.346 e. The summed E-state index contributed by atoms with van der Waals surface area (Å²) in [7, 11) is 1.30. The third kappa shape index (κ3) is 3.40. The minimum Gasteiger partial charge on any atom is -0.479 e. The van der Waals surface area contributed by atoms with E-state index in [0.717, 1.165) is 11.1 Å². The van der Waals surface area contributed by atoms with E-state index in [0.29, 0.717) is 17.1 Å². The molecule has 5 heteroatoms. The molecule has 0 bridgehead atoms. The summed E-state index contributed by atoms with van der Waals surface area (Å²) in [6, 6.07) is 12.6. The number of rotatable bonds is 4. The number of esters is 1. The first-order valence-electron chi connectivity index (χ1n) is 7.88. The minimum atomic E-state index is -0.748. The van der Waals surface area contributed by atoms with Gasteiger partial charge in [0, 0.05) is 6.07 Å². The Morgan fingerprint density at radius 2 is 1.96 bits per heavy atom. The van der Waals surface area contributed by atoms with Crippen LogP contribution in [-0.2, 0) is 9.53 Å². The molecular weight excluding hydrogens is 320 g/mol. The lowest BCUT2D eigenvalue weighted by atomic mass is 10.1. The van der Waals surface area contributed by atoms with Crippen molar-refractivity contribution >= 4 is 17.8 Å². The summed E-state index contributed by atoms with van der Waals surface area (Å²) >= 11 is 0. The molecule has 5 nitrogen and oxygen atoms in total. The van der Waals surface area contributed by atoms with Gasteiger partial charge in [0.2, 0.25) is 5.78 Å². The number of aryl methyl sites for hydroxylation is 1. The van der Waals surface area contributed by atoms with Crippen molar-refractivity contribution in [3.63, 3.8) is 0 Å². The summed E-state index contributed by atoms with van der Waals surface area (Å²) in [5, 5.41) is 0. The van der Waals surface area contributed by atoms with Crippen LogP contribution in [0, 0.1) is 6.92 Å². The fourth-order valence-electron chi connectivity index (χ4n) is 2.55. The molecule has 0 radical (unpaired) electrons. The van der Waals surface area contributed by atoms with Gasteiger partial charge in [-0.2, -0.15) is 0 Å². The summed E-state index contributed by atoms with van der Waals surface area (Å²) in [6.45, 7) is 3.56. The molecule has 1 atom stereocenters. The summed E-state index contributed by atoms with van der Waals surface area (Å²) in [6.07, 6.45) is 0.983. The van der Waals surface area contributed by atoms with Crippen molar-refractivity contribution in [2.24, 2.45) is 0 Å². The van der Waals surface area contributed by atoms with E-state index in [2.05, 4.69) is 4.74 Å². The largest absolute Gasteiger partial charge is 0.479 e. The molecule has 0 fully saturated rings. The lowest BCUT2D eigenvalue weighted by molar-refractivity contribution is -0.147. The van der Waals surface area contributed by atoms with Crippen LogP contribution >= 0.6 is 0 Å². The normalized spacial score (nSPS) is 15.5. The van der Waals surface area contributed by atoms with E-state index in [4.69, 9.17) is 9.47 Å². The van der Waals surface area contributed by atoms with Gasteiger partial charge in [-0.15, -0.1) is 0 Å². The summed E-state index contributed by atoms with van der Waals surface area (Å²) in [5.74, 6) is 0.465. The number of ether oxygens (including phenoxy) is 3. The average Bonchev–Trinajstić information content (AvgIpc) is 2.91. The quantitative estimate of drug-likeness (QED) is 0.630. The molecule has 1 heterocycles. The Labute approximate surface area is 145 Å². The number of methoxy groups -OCH3 is 1. The van der Waals surface area contributed by atoms with Gasteiger partial charge in [-0.05, 0) is 43.2 Å². The number of hydrogen-bond acceptors (Lipinski definition) is 5. The van der Waals surface area contributed by atoms with Crippen LogP contribution in [-0.4, -0.2) is 25.0 Å². The van der Waals surface area contributed by atoms with Crippen LogP contribution in [0.25, 0.3) is 6.08 Å². The lowest BCUT2D eigenvalue weighted by Gasteiger charge is -2.12. The standard InChI is InChI=1S/C20H18O5/c1-12-6-4-5-7-14(12)10-18-19(21)16-9-8-15(11-17(16)25-18)24-13(2)20(22)23-3/h4-11,13H,1-3H3/t13-/m0/s1. The number of fused-ring (bicyclic) bond motifs is 1. The van der Waals surface area contributed by atoms with E-state index in [1.165, 1.54) is 7.11 Å². The van der Waals surface area contributed by atoms with E-state index >= 15 is 0 Å². The smallest absolute Gasteiger partial charge is 0.346 e. The van der Waals surface area contributed by atoms with Gasteiger partial charge in [0.25, 0.3) is 0 Å². The Bertz CT molecular complexity index is 866. The molecular formula is C20H18O5. The number of benzene rings is 2. The Kier molecular flexibility index (Phi) is 4.57. The molecule has 0 saturated heterocycles. The van der Waals surface area contributed by atoms with Gasteiger partial charge in [0.15, 0.2) is 11.9 Å². The van der Waals surface area contributed by atoms with Crippen molar-refractivity contribution in [3.8, 4) is 11.5 Å². The monoisotopic (exact) mass is 338 g/mol. The molecule has 25 heavy (non-hydrogen) atoms. The summed E-state index contributed by atoms with van der Waals surface area (Å²) < 4.78 is 15.8. The first-order chi connectivity index (χ1) is 12.0. The topological polar surface area (TPSA) is 61.8 Å². The number of hydrogen-bond donors (Lipinski definition) is 0. The van der Waals surface area contributed by atoms with E-state index in [1.807, 2.05) is 31.2 Å². The van der Waals surface area contributed by atoms with Gasteiger partial charge in [0.1, 0.15) is 11.5 Å². The van der Waals surface area contributed by atoms with Crippen molar-refractivity contribution in [2.45, 2.75) is 20.0 Å². The van der Waals surface area contributed by atoms with Gasteiger partial charge in [-0.3, -0.25) is 4.79 Å². The highest BCUT2D eigenvalue weighted by molar-refractivity contribution is 6.14. The molecule has 0 aromatic heterocycles. The first-order valence-corrected chi connectivity index (χ1v) is 7.88. The highest BCUT2D eigenvalue weighted by atomic mass is 16.6. The molecule has 1 aliphatic heterocycles. The number of ketones is 1. The fourth-order valence-corrected chi connectivity index (χ4v) is 2.55. The van der Waals surface area contributed by atoms with Crippen LogP contribution in [0.15, 0.2) is 48.2 Å². The lowest BCUT2D eigenvalue weighted by Crippen LogP contribution is -2.24. The van der Waals surface area contributed by atoms with Crippen molar-refractivity contribution in [1.82, 2.24) is 0 Å². The maximum atomic E-state index is 12.5. The Balaban J connectivity index is 1.84. The zero-order valence-electron chi connectivity index (χ0n) is 14.2. The molecule has 2 aromatic carbocycles. The van der Waals surface area contributed by atoms with Gasteiger partial charge < -0.3 is 14.2 Å². The van der Waals surface area contributed by atoms with Gasteiger partial charge in [0.05, 0.1) is 12.7 Å². The summed E-state index contributed by atoms with van der Waals surface area (Å²) in [5.41, 5.74) is 2.45. The van der Waals surface area contributed by atoms with E-state index < -0.39 is 12.1 Å². The van der Waals surface area contributed by atoms with Crippen LogP contribution in [0.4, 0.5) is 0 Å². The Morgan fingerprint density at radius 3 is 2.68 bits per heavy atom. The fraction of sp³-hybridized carbons (Fsp3) is 0.200. The van der Waals surface area contributed by atoms with Crippen LogP contribution in [0.2, 0.25) is 0 Å². The highest BCUT2D eigenvalue weighted by Gasteiger charge is 2.28. The number of carbonyl (C=O) groups is 2. The second kappa shape index (κ2) is 6.81. The number of carbonyl (C=O) groups excluding carboxylic acids is 2. The van der Waals surface area contributed by atoms with Crippen molar-refractivity contribution in [1.29, 1.82) is 0 Å². The second-order valence-corrected chi connectivity index (χ2v) is 5.74. The third-order valence-corrected chi connectivity index (χ3v) is 3.96. The van der Waals surface area contributed by atoms with E-state index in [1.54, 1.807) is 31.2 Å². The average molecular weight is 338 g/mol. The van der Waals surface area contributed by atoms with Gasteiger partial charge in [-0.25, -0.2) is 4.79 Å². The third-order valence-electron chi connectivity index (χ3n) is 3.96. The minimum absolute atomic E-state index is 0.175. The number of Topliss-reactive ketones (excluding diaryl/α,β-unsaturated/α-hetero) is 1. The first kappa shape index (κ1) is 16.8. The predicted octanol–water partition coefficient (Wildman–Crippen LogP) is 3.55. The molecule has 2 aromatic rings. The predicted molar refractivity (Wildman–Crippen MR) is 92.7 cm³/mol. The maximum absolute atomic E-state index is 12.5. The SMILES string of the molecule is COC(=O)[C@H](C)Oc1ccc2c(c1)OC(=Cc1ccccc1C)C2=O. The Morgan fingerprint density at radius 1 is 1.20 bits per heavy atom. The van der Waals surface area contributed by atoms with Crippen molar-refractivity contribution in [2.75, 3.05) is 7.11 Å². The second-order valence-electron chi connectivity index (χ2n) is 5.74. The van der Waals surface area contributed by atoms with Crippen LogP contribution in [0.5, 0.6) is 11.5 Å². The van der Waals surface area contributed by atoms with Gasteiger partial charge >= 0.3 is 5.97 Å². The van der Waals surface area contributed by atoms with Crippen LogP contribution < -0.4 is 9.47 Å². The van der Waals surface area contributed by atoms with Crippen molar-refractivity contribution < 1.29 is 23.8 Å². The Hall–Kier alpha value is -3.08. The molecule has 3 rings (SSSR count). The molecule has 0 aliphatic carbocycles. The molecule has 0 amide bonds. The van der Waals surface area contributed by atoms with Gasteiger partial charge in [-0.1, -0.05) is 24.3 Å². The molecule has 128 valence electrons. The van der Waals surface area contributed by atoms with Crippen LogP contribution in [0.3, 0.4) is 0 Å². The van der Waals surface area contributed by atoms with Crippen LogP contribution in [0.1, 0.15) is 28.4 Å². The van der Waals surface area contributed by atoms with E-state index in [9.17, 15) is 9.59 Å². The molecule has 0 unspecified atom stereocenters. The number of allylic oxidation sites excluding steroid dienone is 1. The van der Waals surface area contributed by atoms with E-state index in [-0.39, 0.29) is 11.5 Å². The van der Waals surface area contributed by atoms with Crippen molar-refractivity contribution in [3.05, 3.63) is 64.9 Å². The molecule has 0 spiro atoms. The summed E-state index contributed by atoms with van der Waals surface area (Å²) in [4.78, 5) is 23.9. The molecule has 0 N–H and O–H groups in total. The molecule has 1 aliphatic rings. The highest BCUT2D eigenvalue weighted by Crippen LogP contribution is 2.35. The zero-order valence-corrected chi connectivity index (χ0v) is 14.2. The zero-order chi connectivity index (χ0) is 18.0. The molecule has 0 saturated carbocycles.